The molecular weight excluding hydrogens is 186 g/mol. The van der Waals surface area contributed by atoms with E-state index in [2.05, 4.69) is 4.98 Å². The maximum Gasteiger partial charge on any atom is 0.325 e. The fourth-order valence-electron chi connectivity index (χ4n) is 0.936. The molecule has 0 saturated carbocycles. The van der Waals surface area contributed by atoms with Crippen LogP contribution in [-0.4, -0.2) is 34.9 Å². The molecule has 14 heavy (non-hydrogen) atoms. The van der Waals surface area contributed by atoms with Crippen LogP contribution in [0.4, 0.5) is 0 Å². The lowest BCUT2D eigenvalue weighted by molar-refractivity contribution is -0.128. The van der Waals surface area contributed by atoms with Crippen molar-refractivity contribution in [3.8, 4) is 0 Å². The van der Waals surface area contributed by atoms with E-state index >= 15 is 0 Å². The van der Waals surface area contributed by atoms with Gasteiger partial charge in [0.15, 0.2) is 0 Å². The normalized spacial score (nSPS) is 9.86. The average molecular weight is 197 g/mol. The van der Waals surface area contributed by atoms with Crippen LogP contribution in [0.2, 0.25) is 0 Å². The van der Waals surface area contributed by atoms with Crippen molar-refractivity contribution in [1.29, 1.82) is 0 Å². The molecule has 1 rings (SSSR count). The van der Waals surface area contributed by atoms with Gasteiger partial charge in [-0.1, -0.05) is 0 Å². The number of likely N-dealkylation sites (N-methyl/N-ethyl adjacent to an activating group) is 1. The molecule has 1 amide bonds. The van der Waals surface area contributed by atoms with Crippen molar-refractivity contribution >= 4 is 5.91 Å². The lowest BCUT2D eigenvalue weighted by atomic mass is 10.3. The number of H-pyrrole nitrogens is 2. The van der Waals surface area contributed by atoms with Crippen molar-refractivity contribution in [3.05, 3.63) is 32.6 Å². The number of nitrogens with one attached hydrogen (secondary N) is 2. The second kappa shape index (κ2) is 3.91. The van der Waals surface area contributed by atoms with Crippen molar-refractivity contribution < 1.29 is 4.79 Å². The number of hydrogen-bond donors (Lipinski definition) is 2. The Labute approximate surface area is 79.6 Å². The van der Waals surface area contributed by atoms with Crippen LogP contribution in [0.3, 0.4) is 0 Å². The van der Waals surface area contributed by atoms with Gasteiger partial charge in [-0.05, 0) is 0 Å². The van der Waals surface area contributed by atoms with E-state index in [9.17, 15) is 14.4 Å². The summed E-state index contributed by atoms with van der Waals surface area (Å²) in [5.41, 5.74) is -0.785. The minimum absolute atomic E-state index is 0.0200. The number of hydrogen-bond acceptors (Lipinski definition) is 3. The first-order chi connectivity index (χ1) is 6.49. The van der Waals surface area contributed by atoms with Crippen LogP contribution in [-0.2, 0) is 11.2 Å². The van der Waals surface area contributed by atoms with Gasteiger partial charge in [0.25, 0.3) is 5.56 Å². The summed E-state index contributed by atoms with van der Waals surface area (Å²) in [4.78, 5) is 38.7. The smallest absolute Gasteiger partial charge is 0.325 e. The predicted octanol–water partition coefficient (Wildman–Crippen LogP) is -1.31. The Hall–Kier alpha value is -1.85. The zero-order valence-corrected chi connectivity index (χ0v) is 7.96. The predicted molar refractivity (Wildman–Crippen MR) is 50.1 cm³/mol. The van der Waals surface area contributed by atoms with Gasteiger partial charge in [0, 0.05) is 25.9 Å². The lowest BCUT2D eigenvalue weighted by Crippen LogP contribution is -2.28. The molecule has 0 aliphatic heterocycles. The molecule has 0 atom stereocenters. The molecule has 76 valence electrons. The molecule has 1 aromatic rings. The summed E-state index contributed by atoms with van der Waals surface area (Å²) in [6, 6.07) is 1.20. The Morgan fingerprint density at radius 2 is 2.00 bits per heavy atom. The summed E-state index contributed by atoms with van der Waals surface area (Å²) in [7, 11) is 3.21. The molecule has 1 heterocycles. The third-order valence-corrected chi connectivity index (χ3v) is 1.66. The lowest BCUT2D eigenvalue weighted by Gasteiger charge is -2.08. The van der Waals surface area contributed by atoms with Gasteiger partial charge in [-0.25, -0.2) is 4.79 Å². The van der Waals surface area contributed by atoms with Crippen molar-refractivity contribution in [2.45, 2.75) is 6.42 Å². The summed E-state index contributed by atoms with van der Waals surface area (Å²) in [5, 5.41) is 0. The van der Waals surface area contributed by atoms with Crippen LogP contribution in [0.15, 0.2) is 15.7 Å². The van der Waals surface area contributed by atoms with Crippen LogP contribution in [0.25, 0.3) is 0 Å². The minimum Gasteiger partial charge on any atom is -0.348 e. The molecule has 0 bridgehead atoms. The first-order valence-electron chi connectivity index (χ1n) is 4.01. The molecular formula is C8H11N3O3. The van der Waals surface area contributed by atoms with Crippen LogP contribution in [0, 0.1) is 0 Å². The van der Waals surface area contributed by atoms with E-state index in [1.807, 2.05) is 4.98 Å². The summed E-state index contributed by atoms with van der Waals surface area (Å²) in [6.07, 6.45) is 0.0200. The van der Waals surface area contributed by atoms with E-state index in [-0.39, 0.29) is 12.3 Å². The molecule has 6 nitrogen and oxygen atoms in total. The molecule has 1 aromatic heterocycles. The summed E-state index contributed by atoms with van der Waals surface area (Å²) in [5.74, 6) is -0.175. The highest BCUT2D eigenvalue weighted by Crippen LogP contribution is 1.91. The van der Waals surface area contributed by atoms with E-state index in [4.69, 9.17) is 0 Å². The number of rotatable bonds is 2. The highest BCUT2D eigenvalue weighted by atomic mass is 16.2. The number of carbonyl (C=O) groups is 1. The second-order valence-electron chi connectivity index (χ2n) is 3.08. The van der Waals surface area contributed by atoms with Crippen LogP contribution >= 0.6 is 0 Å². The van der Waals surface area contributed by atoms with E-state index < -0.39 is 11.2 Å². The maximum atomic E-state index is 11.2. The van der Waals surface area contributed by atoms with Crippen LogP contribution in [0.5, 0.6) is 0 Å². The molecule has 0 unspecified atom stereocenters. The average Bonchev–Trinajstić information content (AvgIpc) is 2.01. The van der Waals surface area contributed by atoms with Gasteiger partial charge in [-0.15, -0.1) is 0 Å². The Morgan fingerprint density at radius 3 is 2.50 bits per heavy atom. The number of aromatic amines is 2. The Balaban J connectivity index is 2.93. The third-order valence-electron chi connectivity index (χ3n) is 1.66. The van der Waals surface area contributed by atoms with Gasteiger partial charge in [0.1, 0.15) is 0 Å². The Bertz CT molecular complexity index is 415. The van der Waals surface area contributed by atoms with Gasteiger partial charge >= 0.3 is 5.69 Å². The van der Waals surface area contributed by atoms with E-state index in [1.54, 1.807) is 14.1 Å². The van der Waals surface area contributed by atoms with E-state index in [0.717, 1.165) is 0 Å². The summed E-state index contributed by atoms with van der Waals surface area (Å²) < 4.78 is 0. The molecule has 6 heteroatoms. The maximum absolute atomic E-state index is 11.2. The quantitative estimate of drug-likeness (QED) is 0.617. The van der Waals surface area contributed by atoms with E-state index in [1.165, 1.54) is 11.0 Å². The molecule has 0 saturated heterocycles. The highest BCUT2D eigenvalue weighted by molar-refractivity contribution is 5.77. The topological polar surface area (TPSA) is 86.0 Å². The van der Waals surface area contributed by atoms with E-state index in [0.29, 0.717) is 5.69 Å². The fraction of sp³-hybridized carbons (Fsp3) is 0.375. The highest BCUT2D eigenvalue weighted by Gasteiger charge is 2.06. The number of carbonyl (C=O) groups excluding carboxylic acids is 1. The minimum atomic E-state index is -0.598. The van der Waals surface area contributed by atoms with Crippen molar-refractivity contribution in [2.75, 3.05) is 14.1 Å². The van der Waals surface area contributed by atoms with Crippen LogP contribution in [0.1, 0.15) is 5.69 Å². The molecule has 0 aliphatic carbocycles. The standard InChI is InChI=1S/C8H11N3O3/c1-11(2)7(13)4-5-3-6(12)10-8(14)9-5/h3H,4H2,1-2H3,(H2,9,10,12,14). The summed E-state index contributed by atoms with van der Waals surface area (Å²) >= 11 is 0. The van der Waals surface area contributed by atoms with Gasteiger partial charge < -0.3 is 9.88 Å². The number of aromatic nitrogens is 2. The molecule has 0 aliphatic rings. The summed E-state index contributed by atoms with van der Waals surface area (Å²) in [6.45, 7) is 0. The zero-order chi connectivity index (χ0) is 10.7. The van der Waals surface area contributed by atoms with Crippen molar-refractivity contribution in [1.82, 2.24) is 14.9 Å². The van der Waals surface area contributed by atoms with Crippen molar-refractivity contribution in [2.24, 2.45) is 0 Å². The molecule has 0 fully saturated rings. The largest absolute Gasteiger partial charge is 0.348 e. The second-order valence-corrected chi connectivity index (χ2v) is 3.08. The third kappa shape index (κ3) is 2.58. The first-order valence-corrected chi connectivity index (χ1v) is 4.01. The molecule has 0 radical (unpaired) electrons. The number of nitrogens with zero attached hydrogens (tertiary/aromatic N) is 1. The zero-order valence-electron chi connectivity index (χ0n) is 7.96. The van der Waals surface area contributed by atoms with Gasteiger partial charge in [-0.3, -0.25) is 14.6 Å². The van der Waals surface area contributed by atoms with Gasteiger partial charge in [0.2, 0.25) is 5.91 Å². The number of amides is 1. The van der Waals surface area contributed by atoms with Crippen LogP contribution < -0.4 is 11.2 Å². The van der Waals surface area contributed by atoms with Gasteiger partial charge in [-0.2, -0.15) is 0 Å². The SMILES string of the molecule is CN(C)C(=O)Cc1cc(=O)[nH]c(=O)[nH]1. The molecule has 2 N–H and O–H groups in total. The van der Waals surface area contributed by atoms with Gasteiger partial charge in [0.05, 0.1) is 6.42 Å². The molecule has 0 aromatic carbocycles. The Kier molecular flexibility index (Phi) is 2.85. The first kappa shape index (κ1) is 10.2. The monoisotopic (exact) mass is 197 g/mol. The Morgan fingerprint density at radius 1 is 1.36 bits per heavy atom. The van der Waals surface area contributed by atoms with Crippen molar-refractivity contribution in [3.63, 3.8) is 0 Å². The fourth-order valence-corrected chi connectivity index (χ4v) is 0.936. The molecule has 0 spiro atoms.